The van der Waals surface area contributed by atoms with Crippen LogP contribution in [-0.4, -0.2) is 54.2 Å². The van der Waals surface area contributed by atoms with Crippen molar-refractivity contribution in [1.82, 2.24) is 9.80 Å². The van der Waals surface area contributed by atoms with Crippen LogP contribution in [0.5, 0.6) is 0 Å². The number of ketones is 1. The Labute approximate surface area is 129 Å². The van der Waals surface area contributed by atoms with E-state index in [1.807, 2.05) is 18.7 Å². The Morgan fingerprint density at radius 1 is 0.952 bits per heavy atom. The maximum Gasteiger partial charge on any atom is 0.225 e. The molecule has 0 aromatic carbocycles. The van der Waals surface area contributed by atoms with Crippen LogP contribution in [-0.2, 0) is 9.59 Å². The fraction of sp³-hybridized carbons (Fsp3) is 0.882. The van der Waals surface area contributed by atoms with E-state index in [-0.39, 0.29) is 11.8 Å². The molecule has 0 saturated carbocycles. The van der Waals surface area contributed by atoms with Crippen molar-refractivity contribution in [2.45, 2.75) is 53.4 Å². The number of unbranched alkanes of at least 4 members (excludes halogenated alkanes) is 1. The molecule has 4 nitrogen and oxygen atoms in total. The van der Waals surface area contributed by atoms with Gasteiger partial charge in [-0.1, -0.05) is 27.7 Å². The van der Waals surface area contributed by atoms with Gasteiger partial charge in [0.05, 0.1) is 0 Å². The summed E-state index contributed by atoms with van der Waals surface area (Å²) in [5.41, 5.74) is 0. The molecule has 1 rings (SSSR count). The minimum atomic E-state index is 0.100. The van der Waals surface area contributed by atoms with Gasteiger partial charge in [-0.2, -0.15) is 0 Å². The Bertz CT molecular complexity index is 332. The number of Topliss-reactive ketones (excluding diaryl/α,β-unsaturated/α-hetero) is 1. The Hall–Kier alpha value is -0.900. The molecule has 1 amide bonds. The van der Waals surface area contributed by atoms with Crippen LogP contribution < -0.4 is 0 Å². The number of hydrogen-bond donors (Lipinski definition) is 0. The Morgan fingerprint density at radius 2 is 1.57 bits per heavy atom. The molecule has 0 unspecified atom stereocenters. The molecule has 0 radical (unpaired) electrons. The number of carbonyl (C=O) groups excluding carboxylic acids is 2. The molecule has 21 heavy (non-hydrogen) atoms. The van der Waals surface area contributed by atoms with Crippen LogP contribution in [0.2, 0.25) is 0 Å². The average Bonchev–Trinajstić information content (AvgIpc) is 2.42. The first-order valence-corrected chi connectivity index (χ1v) is 8.43. The summed E-state index contributed by atoms with van der Waals surface area (Å²) in [6.07, 6.45) is 3.53. The lowest BCUT2D eigenvalue weighted by molar-refractivity contribution is -0.136. The minimum absolute atomic E-state index is 0.100. The molecule has 1 heterocycles. The molecule has 122 valence electrons. The summed E-state index contributed by atoms with van der Waals surface area (Å²) >= 11 is 0. The predicted octanol–water partition coefficient (Wildman–Crippen LogP) is 2.57. The lowest BCUT2D eigenvalue weighted by Crippen LogP contribution is -2.49. The highest BCUT2D eigenvalue weighted by Crippen LogP contribution is 2.10. The van der Waals surface area contributed by atoms with Crippen molar-refractivity contribution in [3.63, 3.8) is 0 Å². The first-order chi connectivity index (χ1) is 9.90. The monoisotopic (exact) mass is 296 g/mol. The molecule has 0 spiro atoms. The van der Waals surface area contributed by atoms with Crippen molar-refractivity contribution in [1.29, 1.82) is 0 Å². The molecule has 1 aliphatic heterocycles. The summed E-state index contributed by atoms with van der Waals surface area (Å²) in [5, 5.41) is 0. The lowest BCUT2D eigenvalue weighted by Gasteiger charge is -2.35. The number of amides is 1. The van der Waals surface area contributed by atoms with E-state index in [0.29, 0.717) is 11.7 Å². The number of hydrogen-bond acceptors (Lipinski definition) is 3. The fourth-order valence-electron chi connectivity index (χ4n) is 2.77. The second-order valence-electron chi connectivity index (χ2n) is 6.92. The van der Waals surface area contributed by atoms with Crippen LogP contribution in [0.1, 0.15) is 53.4 Å². The zero-order valence-electron chi connectivity index (χ0n) is 14.2. The van der Waals surface area contributed by atoms with Crippen molar-refractivity contribution in [3.8, 4) is 0 Å². The number of carbonyl (C=O) groups is 2. The summed E-state index contributed by atoms with van der Waals surface area (Å²) in [7, 11) is 0. The highest BCUT2D eigenvalue weighted by Gasteiger charge is 2.22. The van der Waals surface area contributed by atoms with Gasteiger partial charge in [-0.25, -0.2) is 0 Å². The molecule has 1 saturated heterocycles. The van der Waals surface area contributed by atoms with Crippen LogP contribution in [0.3, 0.4) is 0 Å². The van der Waals surface area contributed by atoms with Crippen molar-refractivity contribution >= 4 is 11.7 Å². The third-order valence-corrected chi connectivity index (χ3v) is 3.99. The fourth-order valence-corrected chi connectivity index (χ4v) is 2.77. The SMILES string of the molecule is CC(C)CC(=O)CCCCN1CCN(C(=O)C(C)C)CC1. The summed E-state index contributed by atoms with van der Waals surface area (Å²) < 4.78 is 0. The summed E-state index contributed by atoms with van der Waals surface area (Å²) in [5.74, 6) is 1.25. The van der Waals surface area contributed by atoms with Gasteiger partial charge in [0.2, 0.25) is 5.91 Å². The van der Waals surface area contributed by atoms with Crippen LogP contribution >= 0.6 is 0 Å². The Kier molecular flexibility index (Phi) is 7.94. The summed E-state index contributed by atoms with van der Waals surface area (Å²) in [6, 6.07) is 0. The molecule has 1 aliphatic rings. The van der Waals surface area contributed by atoms with E-state index in [0.717, 1.165) is 58.4 Å². The molecule has 1 fully saturated rings. The van der Waals surface area contributed by atoms with Gasteiger partial charge < -0.3 is 4.90 Å². The highest BCUT2D eigenvalue weighted by atomic mass is 16.2. The second-order valence-corrected chi connectivity index (χ2v) is 6.92. The maximum absolute atomic E-state index is 11.9. The van der Waals surface area contributed by atoms with Gasteiger partial charge in [0.1, 0.15) is 5.78 Å². The van der Waals surface area contributed by atoms with Crippen LogP contribution in [0.4, 0.5) is 0 Å². The van der Waals surface area contributed by atoms with Crippen molar-refractivity contribution in [2.24, 2.45) is 11.8 Å². The van der Waals surface area contributed by atoms with Gasteiger partial charge in [-0.05, 0) is 25.3 Å². The first kappa shape index (κ1) is 18.1. The zero-order chi connectivity index (χ0) is 15.8. The topological polar surface area (TPSA) is 40.6 Å². The van der Waals surface area contributed by atoms with Gasteiger partial charge in [0.15, 0.2) is 0 Å². The van der Waals surface area contributed by atoms with Crippen LogP contribution in [0, 0.1) is 11.8 Å². The van der Waals surface area contributed by atoms with E-state index < -0.39 is 0 Å². The molecular formula is C17H32N2O2. The number of nitrogens with zero attached hydrogens (tertiary/aromatic N) is 2. The lowest BCUT2D eigenvalue weighted by atomic mass is 10.0. The predicted molar refractivity (Wildman–Crippen MR) is 86.2 cm³/mol. The second kappa shape index (κ2) is 9.19. The van der Waals surface area contributed by atoms with E-state index in [9.17, 15) is 9.59 Å². The van der Waals surface area contributed by atoms with E-state index in [1.165, 1.54) is 0 Å². The van der Waals surface area contributed by atoms with Crippen molar-refractivity contribution < 1.29 is 9.59 Å². The number of rotatable bonds is 8. The Morgan fingerprint density at radius 3 is 2.10 bits per heavy atom. The third kappa shape index (κ3) is 7.07. The first-order valence-electron chi connectivity index (χ1n) is 8.43. The molecule has 0 atom stereocenters. The summed E-state index contributed by atoms with van der Waals surface area (Å²) in [4.78, 5) is 27.9. The third-order valence-electron chi connectivity index (χ3n) is 3.99. The quantitative estimate of drug-likeness (QED) is 0.646. The van der Waals surface area contributed by atoms with E-state index in [4.69, 9.17) is 0 Å². The average molecular weight is 296 g/mol. The van der Waals surface area contributed by atoms with Gasteiger partial charge in [0, 0.05) is 44.9 Å². The number of piperazine rings is 1. The van der Waals surface area contributed by atoms with E-state index >= 15 is 0 Å². The molecule has 0 N–H and O–H groups in total. The highest BCUT2D eigenvalue weighted by molar-refractivity contribution is 5.78. The molecule has 0 bridgehead atoms. The van der Waals surface area contributed by atoms with Gasteiger partial charge >= 0.3 is 0 Å². The van der Waals surface area contributed by atoms with E-state index in [1.54, 1.807) is 0 Å². The minimum Gasteiger partial charge on any atom is -0.340 e. The maximum atomic E-state index is 11.9. The van der Waals surface area contributed by atoms with E-state index in [2.05, 4.69) is 18.7 Å². The van der Waals surface area contributed by atoms with Crippen molar-refractivity contribution in [2.75, 3.05) is 32.7 Å². The smallest absolute Gasteiger partial charge is 0.225 e. The zero-order valence-corrected chi connectivity index (χ0v) is 14.2. The van der Waals surface area contributed by atoms with Crippen LogP contribution in [0.25, 0.3) is 0 Å². The molecule has 0 aliphatic carbocycles. The largest absolute Gasteiger partial charge is 0.340 e. The van der Waals surface area contributed by atoms with Gasteiger partial charge in [-0.3, -0.25) is 14.5 Å². The molecular weight excluding hydrogens is 264 g/mol. The molecule has 0 aromatic heterocycles. The van der Waals surface area contributed by atoms with Gasteiger partial charge in [0.25, 0.3) is 0 Å². The standard InChI is InChI=1S/C17H32N2O2/c1-14(2)13-16(20)7-5-6-8-18-9-11-19(12-10-18)17(21)15(3)4/h14-15H,5-13H2,1-4H3. The molecule has 0 aromatic rings. The van der Waals surface area contributed by atoms with Crippen molar-refractivity contribution in [3.05, 3.63) is 0 Å². The van der Waals surface area contributed by atoms with Gasteiger partial charge in [-0.15, -0.1) is 0 Å². The normalized spacial score (nSPS) is 16.8. The summed E-state index contributed by atoms with van der Waals surface area (Å²) in [6.45, 7) is 12.8. The molecule has 4 heteroatoms. The van der Waals surface area contributed by atoms with Crippen LogP contribution in [0.15, 0.2) is 0 Å². The Balaban J connectivity index is 2.11.